The lowest BCUT2D eigenvalue weighted by Crippen LogP contribution is -2.47. The normalized spacial score (nSPS) is 21.9. The molecule has 1 aromatic carbocycles. The highest BCUT2D eigenvalue weighted by molar-refractivity contribution is 5.94. The van der Waals surface area contributed by atoms with Crippen molar-refractivity contribution in [3.63, 3.8) is 0 Å². The van der Waals surface area contributed by atoms with Gasteiger partial charge in [0.1, 0.15) is 0 Å². The van der Waals surface area contributed by atoms with E-state index < -0.39 is 0 Å². The van der Waals surface area contributed by atoms with E-state index in [1.165, 1.54) is 0 Å². The minimum Gasteiger partial charge on any atom is -0.338 e. The minimum atomic E-state index is 0.0851. The van der Waals surface area contributed by atoms with Gasteiger partial charge in [0.25, 0.3) is 5.91 Å². The lowest BCUT2D eigenvalue weighted by molar-refractivity contribution is -0.135. The van der Waals surface area contributed by atoms with Crippen molar-refractivity contribution >= 4 is 11.8 Å². The second-order valence-electron chi connectivity index (χ2n) is 7.62. The standard InChI is InChI=1S/C21H26N4O2/c26-20(7-4-11-23-12-10-22-16-23)25-14-17-8-9-19(25)15-24(13-17)21(27)18-5-2-1-3-6-18/h1-3,5-6,10,12,16-17,19H,4,7-9,11,13-15H2/t17-,19+/m0/s1. The predicted octanol–water partition coefficient (Wildman–Crippen LogP) is 2.43. The summed E-state index contributed by atoms with van der Waals surface area (Å²) in [6.07, 6.45) is 8.92. The Kier molecular flexibility index (Phi) is 5.23. The van der Waals surface area contributed by atoms with Crippen molar-refractivity contribution in [2.75, 3.05) is 19.6 Å². The number of fused-ring (bicyclic) bond motifs is 4. The molecular weight excluding hydrogens is 340 g/mol. The van der Waals surface area contributed by atoms with Gasteiger partial charge in [-0.1, -0.05) is 18.2 Å². The molecule has 0 spiro atoms. The summed E-state index contributed by atoms with van der Waals surface area (Å²) in [6, 6.07) is 9.61. The first-order valence-electron chi connectivity index (χ1n) is 9.80. The van der Waals surface area contributed by atoms with Gasteiger partial charge in [0.2, 0.25) is 5.91 Å². The van der Waals surface area contributed by atoms with E-state index in [-0.39, 0.29) is 17.9 Å². The zero-order valence-electron chi connectivity index (χ0n) is 15.5. The molecule has 0 radical (unpaired) electrons. The maximum Gasteiger partial charge on any atom is 0.253 e. The summed E-state index contributed by atoms with van der Waals surface area (Å²) in [5.74, 6) is 0.690. The van der Waals surface area contributed by atoms with Gasteiger partial charge < -0.3 is 14.4 Å². The van der Waals surface area contributed by atoms with Crippen LogP contribution in [-0.2, 0) is 11.3 Å². The summed E-state index contributed by atoms with van der Waals surface area (Å²) in [7, 11) is 0. The molecule has 6 heteroatoms. The van der Waals surface area contributed by atoms with Crippen LogP contribution in [-0.4, -0.2) is 56.8 Å². The Morgan fingerprint density at radius 3 is 2.70 bits per heavy atom. The Hall–Kier alpha value is -2.63. The van der Waals surface area contributed by atoms with E-state index >= 15 is 0 Å². The summed E-state index contributed by atoms with van der Waals surface area (Å²) >= 11 is 0. The van der Waals surface area contributed by atoms with E-state index in [9.17, 15) is 9.59 Å². The highest BCUT2D eigenvalue weighted by Crippen LogP contribution is 2.29. The van der Waals surface area contributed by atoms with Gasteiger partial charge in [-0.05, 0) is 37.3 Å². The summed E-state index contributed by atoms with van der Waals surface area (Å²) in [4.78, 5) is 33.7. The number of nitrogens with zero attached hydrogens (tertiary/aromatic N) is 4. The van der Waals surface area contributed by atoms with Gasteiger partial charge >= 0.3 is 0 Å². The van der Waals surface area contributed by atoms with E-state index in [1.54, 1.807) is 12.5 Å². The van der Waals surface area contributed by atoms with Gasteiger partial charge in [-0.15, -0.1) is 0 Å². The Balaban J connectivity index is 1.37. The smallest absolute Gasteiger partial charge is 0.253 e. The molecule has 142 valence electrons. The summed E-state index contributed by atoms with van der Waals surface area (Å²) in [6.45, 7) is 3.00. The molecule has 4 heterocycles. The zero-order valence-corrected chi connectivity index (χ0v) is 15.5. The number of carbonyl (C=O) groups is 2. The predicted molar refractivity (Wildman–Crippen MR) is 102 cm³/mol. The van der Waals surface area contributed by atoms with Crippen molar-refractivity contribution in [1.82, 2.24) is 19.4 Å². The Morgan fingerprint density at radius 2 is 1.93 bits per heavy atom. The number of amides is 2. The number of aromatic nitrogens is 2. The largest absolute Gasteiger partial charge is 0.338 e. The average Bonchev–Trinajstić information content (AvgIpc) is 3.05. The first kappa shape index (κ1) is 17.8. The number of aryl methyl sites for hydroxylation is 1. The van der Waals surface area contributed by atoms with Crippen LogP contribution in [0.15, 0.2) is 49.1 Å². The lowest BCUT2D eigenvalue weighted by Gasteiger charge is -2.36. The second-order valence-corrected chi connectivity index (χ2v) is 7.62. The molecule has 0 saturated carbocycles. The van der Waals surface area contributed by atoms with Crippen LogP contribution in [0, 0.1) is 5.92 Å². The van der Waals surface area contributed by atoms with Crippen molar-refractivity contribution < 1.29 is 9.59 Å². The van der Waals surface area contributed by atoms with E-state index in [2.05, 4.69) is 4.98 Å². The molecule has 1 aromatic heterocycles. The zero-order chi connectivity index (χ0) is 18.6. The van der Waals surface area contributed by atoms with Gasteiger partial charge in [0, 0.05) is 56.6 Å². The molecule has 6 nitrogen and oxygen atoms in total. The molecular formula is C21H26N4O2. The van der Waals surface area contributed by atoms with Gasteiger partial charge in [-0.2, -0.15) is 0 Å². The molecule has 3 saturated heterocycles. The number of imidazole rings is 1. The van der Waals surface area contributed by atoms with Crippen LogP contribution in [0.1, 0.15) is 36.0 Å². The molecule has 3 fully saturated rings. The third-order valence-corrected chi connectivity index (χ3v) is 5.71. The van der Waals surface area contributed by atoms with Crippen LogP contribution in [0.3, 0.4) is 0 Å². The number of carbonyl (C=O) groups excluding carboxylic acids is 2. The van der Waals surface area contributed by atoms with E-state index in [0.29, 0.717) is 18.9 Å². The molecule has 2 atom stereocenters. The summed E-state index contributed by atoms with van der Waals surface area (Å²) < 4.78 is 2.00. The molecule has 3 aliphatic rings. The first-order chi connectivity index (χ1) is 13.2. The number of benzene rings is 1. The molecule has 0 N–H and O–H groups in total. The summed E-state index contributed by atoms with van der Waals surface area (Å²) in [5, 5.41) is 0. The first-order valence-corrected chi connectivity index (χ1v) is 9.80. The third-order valence-electron chi connectivity index (χ3n) is 5.71. The molecule has 2 bridgehead atoms. The molecule has 3 aliphatic heterocycles. The Labute approximate surface area is 159 Å². The van der Waals surface area contributed by atoms with Crippen LogP contribution in [0.5, 0.6) is 0 Å². The number of piperidine rings is 1. The van der Waals surface area contributed by atoms with Crippen LogP contribution < -0.4 is 0 Å². The van der Waals surface area contributed by atoms with Gasteiger partial charge in [0.15, 0.2) is 0 Å². The number of hydrogen-bond acceptors (Lipinski definition) is 3. The third kappa shape index (κ3) is 4.04. The molecule has 0 unspecified atom stereocenters. The van der Waals surface area contributed by atoms with Crippen molar-refractivity contribution in [2.24, 2.45) is 5.92 Å². The highest BCUT2D eigenvalue weighted by Gasteiger charge is 2.38. The fourth-order valence-electron chi connectivity index (χ4n) is 4.29. The highest BCUT2D eigenvalue weighted by atomic mass is 16.2. The molecule has 27 heavy (non-hydrogen) atoms. The maximum atomic E-state index is 12.9. The van der Waals surface area contributed by atoms with Crippen LogP contribution in [0.25, 0.3) is 0 Å². The lowest BCUT2D eigenvalue weighted by atomic mass is 9.94. The Morgan fingerprint density at radius 1 is 1.07 bits per heavy atom. The van der Waals surface area contributed by atoms with Gasteiger partial charge in [-0.25, -0.2) is 4.98 Å². The fraction of sp³-hybridized carbons (Fsp3) is 0.476. The summed E-state index contributed by atoms with van der Waals surface area (Å²) in [5.41, 5.74) is 0.733. The molecule has 5 rings (SSSR count). The Bertz CT molecular complexity index is 775. The van der Waals surface area contributed by atoms with Crippen LogP contribution >= 0.6 is 0 Å². The van der Waals surface area contributed by atoms with Crippen molar-refractivity contribution in [3.8, 4) is 0 Å². The monoisotopic (exact) mass is 366 g/mol. The van der Waals surface area contributed by atoms with Gasteiger partial charge in [0.05, 0.1) is 6.33 Å². The van der Waals surface area contributed by atoms with Gasteiger partial charge in [-0.3, -0.25) is 9.59 Å². The molecule has 0 aliphatic carbocycles. The van der Waals surface area contributed by atoms with Crippen LogP contribution in [0.4, 0.5) is 0 Å². The second kappa shape index (κ2) is 7.94. The van der Waals surface area contributed by atoms with Crippen LogP contribution in [0.2, 0.25) is 0 Å². The SMILES string of the molecule is O=C(c1ccccc1)N1C[C@@H]2CC[C@H](C1)N(C(=O)CCCn1ccnc1)C2. The van der Waals surface area contributed by atoms with Crippen molar-refractivity contribution in [1.29, 1.82) is 0 Å². The minimum absolute atomic E-state index is 0.0851. The average molecular weight is 366 g/mol. The molecule has 2 aromatic rings. The number of hydrogen-bond donors (Lipinski definition) is 0. The van der Waals surface area contributed by atoms with E-state index in [0.717, 1.165) is 44.5 Å². The topological polar surface area (TPSA) is 58.4 Å². The quantitative estimate of drug-likeness (QED) is 0.817. The van der Waals surface area contributed by atoms with E-state index in [1.807, 2.05) is 50.9 Å². The molecule has 2 amide bonds. The van der Waals surface area contributed by atoms with Crippen molar-refractivity contribution in [2.45, 2.75) is 38.3 Å². The fourth-order valence-corrected chi connectivity index (χ4v) is 4.29. The van der Waals surface area contributed by atoms with E-state index in [4.69, 9.17) is 0 Å². The number of rotatable bonds is 5. The maximum absolute atomic E-state index is 12.9. The van der Waals surface area contributed by atoms with Crippen molar-refractivity contribution in [3.05, 3.63) is 54.6 Å².